The van der Waals surface area contributed by atoms with Crippen molar-refractivity contribution in [2.45, 2.75) is 0 Å². The summed E-state index contributed by atoms with van der Waals surface area (Å²) in [6.07, 6.45) is 3.00. The van der Waals surface area contributed by atoms with Gasteiger partial charge >= 0.3 is 0 Å². The first-order valence-corrected chi connectivity index (χ1v) is 5.38. The molecule has 96 valence electrons. The van der Waals surface area contributed by atoms with E-state index in [9.17, 15) is 0 Å². The molecule has 0 fully saturated rings. The van der Waals surface area contributed by atoms with Crippen molar-refractivity contribution in [3.05, 3.63) is 41.0 Å². The minimum absolute atomic E-state index is 0.220. The Labute approximate surface area is 109 Å². The number of ether oxygens (including phenoxy) is 2. The van der Waals surface area contributed by atoms with Crippen LogP contribution in [0.3, 0.4) is 0 Å². The quantitative estimate of drug-likeness (QED) is 0.477. The fourth-order valence-electron chi connectivity index (χ4n) is 1.63. The molecule has 19 heavy (non-hydrogen) atoms. The molecule has 0 atom stereocenters. The molecule has 7 nitrogen and oxygen atoms in total. The van der Waals surface area contributed by atoms with Crippen molar-refractivity contribution < 1.29 is 9.47 Å². The molecule has 7 heteroatoms. The van der Waals surface area contributed by atoms with Crippen LogP contribution < -0.4 is 9.47 Å². The normalized spacial score (nSPS) is 9.58. The average molecular weight is 257 g/mol. The maximum Gasteiger partial charge on any atom is 0.161 e. The van der Waals surface area contributed by atoms with Crippen LogP contribution in [0.5, 0.6) is 11.5 Å². The van der Waals surface area contributed by atoms with Crippen molar-refractivity contribution in [3.8, 4) is 22.8 Å². The van der Waals surface area contributed by atoms with Gasteiger partial charge in [0, 0.05) is 22.9 Å². The van der Waals surface area contributed by atoms with E-state index in [1.54, 1.807) is 32.4 Å². The van der Waals surface area contributed by atoms with Crippen LogP contribution in [0.25, 0.3) is 21.7 Å². The number of benzene rings is 1. The minimum atomic E-state index is 0.220. The number of hydrogen-bond acceptors (Lipinski definition) is 5. The molecule has 0 unspecified atom stereocenters. The summed E-state index contributed by atoms with van der Waals surface area (Å²) in [5.41, 5.74) is 9.74. The Kier molecular flexibility index (Phi) is 3.80. The molecule has 2 aromatic rings. The molecular weight excluding hydrogens is 246 g/mol. The smallest absolute Gasteiger partial charge is 0.161 e. The number of azide groups is 1. The van der Waals surface area contributed by atoms with Gasteiger partial charge in [-0.15, -0.1) is 0 Å². The average Bonchev–Trinajstić information content (AvgIpc) is 2.47. The molecule has 0 aliphatic heterocycles. The van der Waals surface area contributed by atoms with E-state index in [-0.39, 0.29) is 5.82 Å². The zero-order valence-corrected chi connectivity index (χ0v) is 10.4. The van der Waals surface area contributed by atoms with E-state index >= 15 is 0 Å². The molecule has 0 bridgehead atoms. The van der Waals surface area contributed by atoms with E-state index < -0.39 is 0 Å². The summed E-state index contributed by atoms with van der Waals surface area (Å²) in [5.74, 6) is 1.40. The highest BCUT2D eigenvalue weighted by Crippen LogP contribution is 2.34. The number of rotatable bonds is 4. The van der Waals surface area contributed by atoms with Crippen molar-refractivity contribution in [3.63, 3.8) is 0 Å². The van der Waals surface area contributed by atoms with Gasteiger partial charge < -0.3 is 9.47 Å². The first-order valence-electron chi connectivity index (χ1n) is 5.38. The van der Waals surface area contributed by atoms with E-state index in [2.05, 4.69) is 20.0 Å². The molecule has 1 aromatic carbocycles. The van der Waals surface area contributed by atoms with Crippen LogP contribution in [0.1, 0.15) is 0 Å². The lowest BCUT2D eigenvalue weighted by Gasteiger charge is -2.09. The molecule has 0 aliphatic carbocycles. The zero-order valence-electron chi connectivity index (χ0n) is 10.4. The third kappa shape index (κ3) is 2.56. The van der Waals surface area contributed by atoms with Gasteiger partial charge in [-0.1, -0.05) is 0 Å². The summed E-state index contributed by atoms with van der Waals surface area (Å²) < 4.78 is 10.4. The number of methoxy groups -OCH3 is 2. The Morgan fingerprint density at radius 2 is 1.84 bits per heavy atom. The Morgan fingerprint density at radius 1 is 1.11 bits per heavy atom. The standard InChI is InChI=1S/C12H11N5O2/c1-18-9-4-3-8(7-10(9)19-2)11-12(16-17-13)15-6-5-14-11/h3-7H,1-2H3. The van der Waals surface area contributed by atoms with Gasteiger partial charge in [-0.3, -0.25) is 9.97 Å². The molecule has 0 aliphatic rings. The number of aromatic nitrogens is 2. The predicted molar refractivity (Wildman–Crippen MR) is 69.4 cm³/mol. The van der Waals surface area contributed by atoms with E-state index in [1.165, 1.54) is 12.4 Å². The maximum atomic E-state index is 8.52. The van der Waals surface area contributed by atoms with Gasteiger partial charge in [0.2, 0.25) is 0 Å². The van der Waals surface area contributed by atoms with Gasteiger partial charge in [-0.25, -0.2) is 0 Å². The van der Waals surface area contributed by atoms with E-state index in [0.717, 1.165) is 5.56 Å². The first-order chi connectivity index (χ1) is 9.30. The maximum absolute atomic E-state index is 8.52. The molecule has 0 radical (unpaired) electrons. The molecule has 1 heterocycles. The summed E-state index contributed by atoms with van der Waals surface area (Å²) >= 11 is 0. The Bertz CT molecular complexity index is 638. The van der Waals surface area contributed by atoms with Crippen molar-refractivity contribution >= 4 is 5.82 Å². The van der Waals surface area contributed by atoms with Gasteiger partial charge in [-0.2, -0.15) is 0 Å². The lowest BCUT2D eigenvalue weighted by Crippen LogP contribution is -1.92. The molecule has 1 aromatic heterocycles. The molecule has 0 saturated carbocycles. The Balaban J connectivity index is 2.56. The predicted octanol–water partition coefficient (Wildman–Crippen LogP) is 3.10. The van der Waals surface area contributed by atoms with Crippen LogP contribution in [0.2, 0.25) is 0 Å². The summed E-state index contributed by atoms with van der Waals surface area (Å²) in [6, 6.07) is 5.30. The van der Waals surface area contributed by atoms with E-state index in [0.29, 0.717) is 17.2 Å². The van der Waals surface area contributed by atoms with Crippen LogP contribution in [0.4, 0.5) is 5.82 Å². The fourth-order valence-corrected chi connectivity index (χ4v) is 1.63. The lowest BCUT2D eigenvalue weighted by atomic mass is 10.1. The second-order valence-corrected chi connectivity index (χ2v) is 3.49. The van der Waals surface area contributed by atoms with Crippen molar-refractivity contribution in [1.29, 1.82) is 0 Å². The highest BCUT2D eigenvalue weighted by molar-refractivity contribution is 5.71. The van der Waals surface area contributed by atoms with Crippen LogP contribution >= 0.6 is 0 Å². The summed E-state index contributed by atoms with van der Waals surface area (Å²) in [6.45, 7) is 0. The van der Waals surface area contributed by atoms with Crippen molar-refractivity contribution in [2.24, 2.45) is 5.11 Å². The molecule has 2 rings (SSSR count). The summed E-state index contributed by atoms with van der Waals surface area (Å²) in [5, 5.41) is 3.52. The largest absolute Gasteiger partial charge is 0.493 e. The van der Waals surface area contributed by atoms with Gasteiger partial charge in [0.1, 0.15) is 0 Å². The SMILES string of the molecule is COc1ccc(-c2nccnc2N=[N+]=[N-])cc1OC. The topological polar surface area (TPSA) is 93.0 Å². The van der Waals surface area contributed by atoms with Gasteiger partial charge in [-0.05, 0) is 28.8 Å². The number of hydrogen-bond donors (Lipinski definition) is 0. The molecule has 0 N–H and O–H groups in total. The van der Waals surface area contributed by atoms with Gasteiger partial charge in [0.05, 0.1) is 19.9 Å². The van der Waals surface area contributed by atoms with Crippen molar-refractivity contribution in [2.75, 3.05) is 14.2 Å². The van der Waals surface area contributed by atoms with Crippen LogP contribution in [-0.2, 0) is 0 Å². The van der Waals surface area contributed by atoms with E-state index in [1.807, 2.05) is 0 Å². The fraction of sp³-hybridized carbons (Fsp3) is 0.167. The van der Waals surface area contributed by atoms with Crippen LogP contribution in [-0.4, -0.2) is 24.2 Å². The molecule has 0 saturated heterocycles. The second kappa shape index (κ2) is 5.70. The van der Waals surface area contributed by atoms with E-state index in [4.69, 9.17) is 15.0 Å². The van der Waals surface area contributed by atoms with Crippen LogP contribution in [0, 0.1) is 0 Å². The van der Waals surface area contributed by atoms with Gasteiger partial charge in [0.25, 0.3) is 0 Å². The Morgan fingerprint density at radius 3 is 2.53 bits per heavy atom. The van der Waals surface area contributed by atoms with Gasteiger partial charge in [0.15, 0.2) is 17.3 Å². The molecule has 0 amide bonds. The third-order valence-corrected chi connectivity index (χ3v) is 2.48. The molecule has 0 spiro atoms. The molecular formula is C12H11N5O2. The number of nitrogens with zero attached hydrogens (tertiary/aromatic N) is 5. The minimum Gasteiger partial charge on any atom is -0.493 e. The Hall–Kier alpha value is -2.79. The highest BCUT2D eigenvalue weighted by Gasteiger charge is 2.10. The second-order valence-electron chi connectivity index (χ2n) is 3.49. The zero-order chi connectivity index (χ0) is 13.7. The summed E-state index contributed by atoms with van der Waals surface area (Å²) in [4.78, 5) is 10.9. The van der Waals surface area contributed by atoms with Crippen molar-refractivity contribution in [1.82, 2.24) is 9.97 Å². The lowest BCUT2D eigenvalue weighted by molar-refractivity contribution is 0.355. The van der Waals surface area contributed by atoms with Crippen LogP contribution in [0.15, 0.2) is 35.7 Å². The third-order valence-electron chi connectivity index (χ3n) is 2.48. The first kappa shape index (κ1) is 12.7. The highest BCUT2D eigenvalue weighted by atomic mass is 16.5. The monoisotopic (exact) mass is 257 g/mol. The summed E-state index contributed by atoms with van der Waals surface area (Å²) in [7, 11) is 3.11.